The minimum absolute atomic E-state index is 0.0866. The molecule has 0 aliphatic carbocycles. The van der Waals surface area contributed by atoms with Gasteiger partial charge in [-0.2, -0.15) is 4.31 Å². The Morgan fingerprint density at radius 1 is 1.08 bits per heavy atom. The van der Waals surface area contributed by atoms with Crippen LogP contribution in [0.2, 0.25) is 0 Å². The van der Waals surface area contributed by atoms with Crippen LogP contribution in [-0.4, -0.2) is 31.8 Å². The van der Waals surface area contributed by atoms with Gasteiger partial charge in [0.2, 0.25) is 10.0 Å². The third-order valence-corrected chi connectivity index (χ3v) is 6.07. The molecule has 0 bridgehead atoms. The molecule has 128 valence electrons. The Kier molecular flexibility index (Phi) is 6.53. The fourth-order valence-corrected chi connectivity index (χ4v) is 4.49. The Labute approximate surface area is 150 Å². The lowest BCUT2D eigenvalue weighted by Crippen LogP contribution is -2.36. The summed E-state index contributed by atoms with van der Waals surface area (Å²) in [7, 11) is -3.86. The van der Waals surface area contributed by atoms with Crippen LogP contribution in [0.5, 0.6) is 0 Å². The van der Waals surface area contributed by atoms with E-state index >= 15 is 0 Å². The first-order valence-electron chi connectivity index (χ1n) is 7.39. The normalized spacial score (nSPS) is 11.5. The predicted molar refractivity (Wildman–Crippen MR) is 94.8 cm³/mol. The van der Waals surface area contributed by atoms with Gasteiger partial charge in [-0.1, -0.05) is 42.5 Å². The van der Waals surface area contributed by atoms with Crippen LogP contribution in [0.1, 0.15) is 12.5 Å². The van der Waals surface area contributed by atoms with Crippen LogP contribution in [0.15, 0.2) is 64.0 Å². The molecule has 2 rings (SSSR count). The number of hydrogen-bond donors (Lipinski definition) is 0. The standard InChI is InChI=1S/C17H18BrNO4S/c1-2-23-17(20)13-19(12-14-8-4-3-5-9-14)24(21,22)16-11-7-6-10-15(16)18/h3-11H,2,12-13H2,1H3. The Morgan fingerprint density at radius 2 is 1.71 bits per heavy atom. The Bertz CT molecular complexity index is 793. The third-order valence-electron chi connectivity index (χ3n) is 3.27. The van der Waals surface area contributed by atoms with Crippen molar-refractivity contribution in [3.63, 3.8) is 0 Å². The van der Waals surface area contributed by atoms with Crippen molar-refractivity contribution < 1.29 is 17.9 Å². The quantitative estimate of drug-likeness (QED) is 0.656. The number of nitrogens with zero attached hydrogens (tertiary/aromatic N) is 1. The zero-order valence-electron chi connectivity index (χ0n) is 13.2. The summed E-state index contributed by atoms with van der Waals surface area (Å²) in [6.07, 6.45) is 0. The third kappa shape index (κ3) is 4.66. The molecule has 0 aliphatic rings. The zero-order valence-corrected chi connectivity index (χ0v) is 15.6. The molecule has 0 aliphatic heterocycles. The number of esters is 1. The summed E-state index contributed by atoms with van der Waals surface area (Å²) in [6, 6.07) is 15.6. The fraction of sp³-hybridized carbons (Fsp3) is 0.235. The van der Waals surface area contributed by atoms with E-state index < -0.39 is 16.0 Å². The van der Waals surface area contributed by atoms with Gasteiger partial charge in [0.15, 0.2) is 0 Å². The van der Waals surface area contributed by atoms with Gasteiger partial charge in [0, 0.05) is 11.0 Å². The van der Waals surface area contributed by atoms with Gasteiger partial charge in [0.1, 0.15) is 6.54 Å². The highest BCUT2D eigenvalue weighted by molar-refractivity contribution is 9.10. The van der Waals surface area contributed by atoms with Crippen molar-refractivity contribution in [2.75, 3.05) is 13.2 Å². The van der Waals surface area contributed by atoms with E-state index in [-0.39, 0.29) is 24.6 Å². The van der Waals surface area contributed by atoms with Crippen molar-refractivity contribution in [1.82, 2.24) is 4.31 Å². The van der Waals surface area contributed by atoms with E-state index in [9.17, 15) is 13.2 Å². The van der Waals surface area contributed by atoms with Gasteiger partial charge in [-0.15, -0.1) is 0 Å². The van der Waals surface area contributed by atoms with Crippen LogP contribution >= 0.6 is 15.9 Å². The summed E-state index contributed by atoms with van der Waals surface area (Å²) in [6.45, 7) is 1.63. The number of ether oxygens (including phenoxy) is 1. The van der Waals surface area contributed by atoms with Crippen molar-refractivity contribution in [2.45, 2.75) is 18.4 Å². The minimum Gasteiger partial charge on any atom is -0.465 e. The number of hydrogen-bond acceptors (Lipinski definition) is 4. The van der Waals surface area contributed by atoms with E-state index in [2.05, 4.69) is 15.9 Å². The van der Waals surface area contributed by atoms with Crippen molar-refractivity contribution in [1.29, 1.82) is 0 Å². The number of carbonyl (C=O) groups excluding carboxylic acids is 1. The summed E-state index contributed by atoms with van der Waals surface area (Å²) in [5.74, 6) is -0.580. The van der Waals surface area contributed by atoms with E-state index in [4.69, 9.17) is 4.74 Å². The van der Waals surface area contributed by atoms with Crippen molar-refractivity contribution >= 4 is 31.9 Å². The van der Waals surface area contributed by atoms with Crippen molar-refractivity contribution in [3.05, 3.63) is 64.6 Å². The molecule has 5 nitrogen and oxygen atoms in total. The van der Waals surface area contributed by atoms with Crippen molar-refractivity contribution in [2.24, 2.45) is 0 Å². The maximum Gasteiger partial charge on any atom is 0.321 e. The lowest BCUT2D eigenvalue weighted by molar-refractivity contribution is -0.143. The molecule has 0 aromatic heterocycles. The number of carbonyl (C=O) groups is 1. The largest absolute Gasteiger partial charge is 0.465 e. The molecular formula is C17H18BrNO4S. The number of benzene rings is 2. The first-order valence-corrected chi connectivity index (χ1v) is 9.62. The molecule has 0 radical (unpaired) electrons. The van der Waals surface area contributed by atoms with Crippen molar-refractivity contribution in [3.8, 4) is 0 Å². The van der Waals surface area contributed by atoms with Gasteiger partial charge in [-0.05, 0) is 40.5 Å². The molecule has 0 N–H and O–H groups in total. The molecule has 2 aromatic carbocycles. The molecule has 0 unspecified atom stereocenters. The summed E-state index contributed by atoms with van der Waals surface area (Å²) in [5, 5.41) is 0. The Hall–Kier alpha value is -1.70. The van der Waals surface area contributed by atoms with E-state index in [1.165, 1.54) is 6.07 Å². The number of rotatable bonds is 7. The van der Waals surface area contributed by atoms with Crippen LogP contribution in [0.4, 0.5) is 0 Å². The molecule has 2 aromatic rings. The predicted octanol–water partition coefficient (Wildman–Crippen LogP) is 3.20. The molecule has 0 fully saturated rings. The highest BCUT2D eigenvalue weighted by Crippen LogP contribution is 2.25. The summed E-state index contributed by atoms with van der Waals surface area (Å²) in [4.78, 5) is 12.0. The average Bonchev–Trinajstić information content (AvgIpc) is 2.55. The van der Waals surface area contributed by atoms with Crippen LogP contribution < -0.4 is 0 Å². The van der Waals surface area contributed by atoms with Crippen LogP contribution in [0.3, 0.4) is 0 Å². The molecule has 0 saturated carbocycles. The Morgan fingerprint density at radius 3 is 2.33 bits per heavy atom. The fourth-order valence-electron chi connectivity index (χ4n) is 2.16. The maximum absolute atomic E-state index is 13.0. The zero-order chi connectivity index (χ0) is 17.6. The second-order valence-electron chi connectivity index (χ2n) is 4.99. The van der Waals surface area contributed by atoms with Gasteiger partial charge in [-0.3, -0.25) is 4.79 Å². The van der Waals surface area contributed by atoms with Crippen LogP contribution in [-0.2, 0) is 26.1 Å². The van der Waals surface area contributed by atoms with Gasteiger partial charge in [-0.25, -0.2) is 8.42 Å². The molecule has 0 amide bonds. The van der Waals surface area contributed by atoms with Gasteiger partial charge in [0.25, 0.3) is 0 Å². The first-order chi connectivity index (χ1) is 11.4. The van der Waals surface area contributed by atoms with E-state index in [0.29, 0.717) is 4.47 Å². The molecular weight excluding hydrogens is 394 g/mol. The molecule has 0 atom stereocenters. The van der Waals surface area contributed by atoms with E-state index in [1.54, 1.807) is 25.1 Å². The van der Waals surface area contributed by atoms with Crippen LogP contribution in [0, 0.1) is 0 Å². The second kappa shape index (κ2) is 8.41. The van der Waals surface area contributed by atoms with Gasteiger partial charge >= 0.3 is 5.97 Å². The average molecular weight is 412 g/mol. The maximum atomic E-state index is 13.0. The summed E-state index contributed by atoms with van der Waals surface area (Å²) in [5.41, 5.74) is 0.789. The number of sulfonamides is 1. The summed E-state index contributed by atoms with van der Waals surface area (Å²) < 4.78 is 32.5. The van der Waals surface area contributed by atoms with E-state index in [1.807, 2.05) is 30.3 Å². The van der Waals surface area contributed by atoms with E-state index in [0.717, 1.165) is 9.87 Å². The van der Waals surface area contributed by atoms with Gasteiger partial charge in [0.05, 0.1) is 11.5 Å². The lowest BCUT2D eigenvalue weighted by Gasteiger charge is -2.22. The molecule has 0 saturated heterocycles. The molecule has 0 spiro atoms. The first kappa shape index (κ1) is 18.6. The minimum atomic E-state index is -3.86. The Balaban J connectivity index is 2.37. The smallest absolute Gasteiger partial charge is 0.321 e. The molecule has 0 heterocycles. The monoisotopic (exact) mass is 411 g/mol. The highest BCUT2D eigenvalue weighted by Gasteiger charge is 2.28. The SMILES string of the molecule is CCOC(=O)CN(Cc1ccccc1)S(=O)(=O)c1ccccc1Br. The second-order valence-corrected chi connectivity index (χ2v) is 7.75. The van der Waals surface area contributed by atoms with Crippen LogP contribution in [0.25, 0.3) is 0 Å². The number of halogens is 1. The molecule has 24 heavy (non-hydrogen) atoms. The summed E-state index contributed by atoms with van der Waals surface area (Å²) >= 11 is 3.26. The molecule has 7 heteroatoms. The topological polar surface area (TPSA) is 63.7 Å². The lowest BCUT2D eigenvalue weighted by atomic mass is 10.2. The highest BCUT2D eigenvalue weighted by atomic mass is 79.9. The van der Waals surface area contributed by atoms with Gasteiger partial charge < -0.3 is 4.74 Å².